The van der Waals surface area contributed by atoms with E-state index in [1.165, 1.54) is 0 Å². The van der Waals surface area contributed by atoms with Crippen LogP contribution in [0.4, 0.5) is 5.82 Å². The van der Waals surface area contributed by atoms with Gasteiger partial charge in [-0.25, -0.2) is 4.98 Å². The number of rotatable bonds is 3. The minimum Gasteiger partial charge on any atom is -0.497 e. The third-order valence-corrected chi connectivity index (χ3v) is 2.04. The van der Waals surface area contributed by atoms with Crippen LogP contribution in [0, 0.1) is 0 Å². The van der Waals surface area contributed by atoms with Gasteiger partial charge in [-0.3, -0.25) is 0 Å². The highest BCUT2D eigenvalue weighted by Crippen LogP contribution is 2.24. The molecule has 0 atom stereocenters. The zero-order valence-electron chi connectivity index (χ0n) is 8.88. The summed E-state index contributed by atoms with van der Waals surface area (Å²) in [5.41, 5.74) is 5.48. The van der Waals surface area contributed by atoms with Crippen LogP contribution < -0.4 is 15.2 Å². The predicted octanol–water partition coefficient (Wildman–Crippen LogP) is 2.46. The average Bonchev–Trinajstić information content (AvgIpc) is 2.32. The maximum Gasteiger partial charge on any atom is 0.145 e. The van der Waals surface area contributed by atoms with Crippen LogP contribution in [0.15, 0.2) is 42.6 Å². The lowest BCUT2D eigenvalue weighted by Crippen LogP contribution is -1.90. The highest BCUT2D eigenvalue weighted by Gasteiger charge is 1.99. The third kappa shape index (κ3) is 2.42. The van der Waals surface area contributed by atoms with Crippen LogP contribution in [-0.2, 0) is 0 Å². The number of hydrogen-bond donors (Lipinski definition) is 1. The molecule has 0 fully saturated rings. The summed E-state index contributed by atoms with van der Waals surface area (Å²) >= 11 is 0. The van der Waals surface area contributed by atoms with Crippen LogP contribution in [0.5, 0.6) is 17.2 Å². The van der Waals surface area contributed by atoms with Gasteiger partial charge in [0.1, 0.15) is 23.1 Å². The van der Waals surface area contributed by atoms with E-state index in [-0.39, 0.29) is 0 Å². The summed E-state index contributed by atoms with van der Waals surface area (Å²) in [5, 5.41) is 0. The van der Waals surface area contributed by atoms with Crippen molar-refractivity contribution in [1.82, 2.24) is 4.98 Å². The second-order valence-electron chi connectivity index (χ2n) is 3.20. The van der Waals surface area contributed by atoms with Crippen molar-refractivity contribution in [3.63, 3.8) is 0 Å². The largest absolute Gasteiger partial charge is 0.497 e. The van der Waals surface area contributed by atoms with Crippen LogP contribution in [-0.4, -0.2) is 12.1 Å². The summed E-state index contributed by atoms with van der Waals surface area (Å²) in [5.74, 6) is 2.56. The van der Waals surface area contributed by atoms with Crippen LogP contribution in [0.2, 0.25) is 0 Å². The number of methoxy groups -OCH3 is 1. The Morgan fingerprint density at radius 2 is 1.88 bits per heavy atom. The number of benzene rings is 1. The molecule has 0 saturated carbocycles. The van der Waals surface area contributed by atoms with Gasteiger partial charge in [0.2, 0.25) is 0 Å². The van der Waals surface area contributed by atoms with E-state index < -0.39 is 0 Å². The van der Waals surface area contributed by atoms with Crippen LogP contribution in [0.1, 0.15) is 0 Å². The molecule has 1 aromatic heterocycles. The van der Waals surface area contributed by atoms with Crippen molar-refractivity contribution in [2.24, 2.45) is 0 Å². The van der Waals surface area contributed by atoms with Gasteiger partial charge in [-0.2, -0.15) is 0 Å². The third-order valence-electron chi connectivity index (χ3n) is 2.04. The Morgan fingerprint density at radius 3 is 2.56 bits per heavy atom. The number of nitrogen functional groups attached to an aromatic ring is 1. The zero-order valence-corrected chi connectivity index (χ0v) is 8.88. The molecule has 0 aliphatic carbocycles. The number of aromatic nitrogens is 1. The molecule has 1 heterocycles. The average molecular weight is 216 g/mol. The van der Waals surface area contributed by atoms with Crippen molar-refractivity contribution in [2.75, 3.05) is 12.8 Å². The quantitative estimate of drug-likeness (QED) is 0.856. The van der Waals surface area contributed by atoms with E-state index in [1.54, 1.807) is 31.5 Å². The molecule has 0 aliphatic heterocycles. The Kier molecular flexibility index (Phi) is 2.91. The number of hydrogen-bond acceptors (Lipinski definition) is 4. The van der Waals surface area contributed by atoms with Crippen molar-refractivity contribution < 1.29 is 9.47 Å². The van der Waals surface area contributed by atoms with Gasteiger partial charge in [0, 0.05) is 6.07 Å². The van der Waals surface area contributed by atoms with E-state index in [9.17, 15) is 0 Å². The van der Waals surface area contributed by atoms with E-state index in [0.717, 1.165) is 5.75 Å². The van der Waals surface area contributed by atoms with Crippen molar-refractivity contribution in [3.8, 4) is 17.2 Å². The Morgan fingerprint density at radius 1 is 1.06 bits per heavy atom. The predicted molar refractivity (Wildman–Crippen MR) is 61.7 cm³/mol. The van der Waals surface area contributed by atoms with E-state index >= 15 is 0 Å². The molecular weight excluding hydrogens is 204 g/mol. The first-order valence-electron chi connectivity index (χ1n) is 4.81. The van der Waals surface area contributed by atoms with Crippen molar-refractivity contribution in [3.05, 3.63) is 42.6 Å². The molecule has 2 N–H and O–H groups in total. The van der Waals surface area contributed by atoms with Crippen LogP contribution in [0.3, 0.4) is 0 Å². The molecular formula is C12H12N2O2. The van der Waals surface area contributed by atoms with Crippen molar-refractivity contribution in [1.29, 1.82) is 0 Å². The zero-order chi connectivity index (χ0) is 11.4. The molecule has 16 heavy (non-hydrogen) atoms. The number of ether oxygens (including phenoxy) is 2. The standard InChI is InChI=1S/C12H12N2O2/c1-15-9-3-2-4-10(7-9)16-11-5-6-12(13)14-8-11/h2-8H,1H3,(H2,13,14). The molecule has 1 aromatic carbocycles. The molecule has 4 heteroatoms. The monoisotopic (exact) mass is 216 g/mol. The van der Waals surface area contributed by atoms with Gasteiger partial charge in [0.25, 0.3) is 0 Å². The Balaban J connectivity index is 2.16. The molecule has 82 valence electrons. The SMILES string of the molecule is COc1cccc(Oc2ccc(N)nc2)c1. The van der Waals surface area contributed by atoms with Crippen LogP contribution in [0.25, 0.3) is 0 Å². The molecule has 0 bridgehead atoms. The molecule has 0 amide bonds. The number of anilines is 1. The minimum absolute atomic E-state index is 0.470. The van der Waals surface area contributed by atoms with Gasteiger partial charge in [-0.1, -0.05) is 6.07 Å². The summed E-state index contributed by atoms with van der Waals surface area (Å²) in [6, 6.07) is 10.8. The summed E-state index contributed by atoms with van der Waals surface area (Å²) in [4.78, 5) is 3.94. The second kappa shape index (κ2) is 4.53. The molecule has 0 spiro atoms. The van der Waals surface area contributed by atoms with Gasteiger partial charge in [-0.15, -0.1) is 0 Å². The van der Waals surface area contributed by atoms with E-state index in [0.29, 0.717) is 17.3 Å². The van der Waals surface area contributed by atoms with Gasteiger partial charge >= 0.3 is 0 Å². The number of nitrogens with two attached hydrogens (primary N) is 1. The maximum absolute atomic E-state index is 5.58. The molecule has 2 aromatic rings. The highest BCUT2D eigenvalue weighted by atomic mass is 16.5. The lowest BCUT2D eigenvalue weighted by molar-refractivity contribution is 0.409. The summed E-state index contributed by atoms with van der Waals surface area (Å²) in [7, 11) is 1.61. The minimum atomic E-state index is 0.470. The molecule has 0 radical (unpaired) electrons. The van der Waals surface area contributed by atoms with E-state index in [1.807, 2.05) is 18.2 Å². The molecule has 0 saturated heterocycles. The molecule has 0 unspecified atom stereocenters. The first-order valence-corrected chi connectivity index (χ1v) is 4.81. The van der Waals surface area contributed by atoms with Gasteiger partial charge in [0.15, 0.2) is 0 Å². The first-order chi connectivity index (χ1) is 7.78. The lowest BCUT2D eigenvalue weighted by atomic mass is 10.3. The van der Waals surface area contributed by atoms with E-state index in [2.05, 4.69) is 4.98 Å². The first kappa shape index (κ1) is 10.3. The van der Waals surface area contributed by atoms with E-state index in [4.69, 9.17) is 15.2 Å². The fourth-order valence-electron chi connectivity index (χ4n) is 1.25. The Labute approximate surface area is 93.6 Å². The van der Waals surface area contributed by atoms with Crippen LogP contribution >= 0.6 is 0 Å². The summed E-state index contributed by atoms with van der Waals surface area (Å²) in [6.45, 7) is 0. The second-order valence-corrected chi connectivity index (χ2v) is 3.20. The summed E-state index contributed by atoms with van der Waals surface area (Å²) < 4.78 is 10.7. The topological polar surface area (TPSA) is 57.4 Å². The number of pyridine rings is 1. The number of nitrogens with zero attached hydrogens (tertiary/aromatic N) is 1. The van der Waals surface area contributed by atoms with Gasteiger partial charge in [-0.05, 0) is 24.3 Å². The Hall–Kier alpha value is -2.23. The lowest BCUT2D eigenvalue weighted by Gasteiger charge is -2.06. The Bertz CT molecular complexity index is 469. The fourth-order valence-corrected chi connectivity index (χ4v) is 1.25. The van der Waals surface area contributed by atoms with Crippen molar-refractivity contribution in [2.45, 2.75) is 0 Å². The molecule has 4 nitrogen and oxygen atoms in total. The van der Waals surface area contributed by atoms with Gasteiger partial charge in [0.05, 0.1) is 13.3 Å². The van der Waals surface area contributed by atoms with Gasteiger partial charge < -0.3 is 15.2 Å². The normalized spacial score (nSPS) is 9.81. The molecule has 0 aliphatic rings. The fraction of sp³-hybridized carbons (Fsp3) is 0.0833. The maximum atomic E-state index is 5.58. The smallest absolute Gasteiger partial charge is 0.145 e. The summed E-state index contributed by atoms with van der Waals surface area (Å²) in [6.07, 6.45) is 1.58. The van der Waals surface area contributed by atoms with Crippen molar-refractivity contribution >= 4 is 5.82 Å². The highest BCUT2D eigenvalue weighted by molar-refractivity contribution is 5.38. The molecule has 2 rings (SSSR count).